The van der Waals surface area contributed by atoms with Crippen molar-refractivity contribution in [2.24, 2.45) is 0 Å². The van der Waals surface area contributed by atoms with Crippen molar-refractivity contribution in [3.05, 3.63) is 139 Å². The minimum atomic E-state index is 0.0907. The number of fused-ring (bicyclic) bond motifs is 2. The summed E-state index contributed by atoms with van der Waals surface area (Å²) in [7, 11) is 0. The average Bonchev–Trinajstić information content (AvgIpc) is 3.48. The first-order valence-corrected chi connectivity index (χ1v) is 12.6. The third kappa shape index (κ3) is 3.68. The Balaban J connectivity index is 1.28. The fourth-order valence-corrected chi connectivity index (χ4v) is 6.38. The third-order valence-electron chi connectivity index (χ3n) is 7.53. The number of halogens is 2. The summed E-state index contributed by atoms with van der Waals surface area (Å²) in [4.78, 5) is 13.4. The third-order valence-corrected chi connectivity index (χ3v) is 8.22. The van der Waals surface area contributed by atoms with Gasteiger partial charge >= 0.3 is 0 Å². The molecule has 2 aliphatic rings. The zero-order chi connectivity index (χ0) is 23.2. The van der Waals surface area contributed by atoms with Crippen LogP contribution in [0.2, 0.25) is 10.0 Å². The SMILES string of the molecule is O=C(c1ccc2c(c1)CCC2c1ccccc1Cl)c1ccc2c(c1)CCC2c1ccccc1Cl. The van der Waals surface area contributed by atoms with Crippen LogP contribution in [-0.4, -0.2) is 5.78 Å². The van der Waals surface area contributed by atoms with Crippen LogP contribution in [0.4, 0.5) is 0 Å². The highest BCUT2D eigenvalue weighted by Gasteiger charge is 2.28. The number of rotatable bonds is 4. The highest BCUT2D eigenvalue weighted by molar-refractivity contribution is 6.31. The summed E-state index contributed by atoms with van der Waals surface area (Å²) in [5, 5.41) is 1.63. The van der Waals surface area contributed by atoms with Crippen LogP contribution in [-0.2, 0) is 12.8 Å². The average molecular weight is 483 g/mol. The second-order valence-corrected chi connectivity index (χ2v) is 10.2. The molecule has 0 aromatic heterocycles. The van der Waals surface area contributed by atoms with Gasteiger partial charge in [0, 0.05) is 33.0 Å². The highest BCUT2D eigenvalue weighted by atomic mass is 35.5. The first kappa shape index (κ1) is 21.6. The molecule has 0 N–H and O–H groups in total. The van der Waals surface area contributed by atoms with Crippen LogP contribution in [0.3, 0.4) is 0 Å². The second kappa shape index (κ2) is 8.73. The van der Waals surface area contributed by atoms with Crippen LogP contribution in [0.15, 0.2) is 84.9 Å². The topological polar surface area (TPSA) is 17.1 Å². The van der Waals surface area contributed by atoms with Crippen molar-refractivity contribution in [1.29, 1.82) is 0 Å². The van der Waals surface area contributed by atoms with Crippen LogP contribution in [0.1, 0.15) is 74.0 Å². The van der Waals surface area contributed by atoms with Gasteiger partial charge in [-0.2, -0.15) is 0 Å². The van der Waals surface area contributed by atoms with Crippen LogP contribution < -0.4 is 0 Å². The molecule has 0 bridgehead atoms. The maximum Gasteiger partial charge on any atom is 0.193 e. The minimum Gasteiger partial charge on any atom is -0.289 e. The van der Waals surface area contributed by atoms with Crippen LogP contribution >= 0.6 is 23.2 Å². The van der Waals surface area contributed by atoms with Gasteiger partial charge in [0.2, 0.25) is 0 Å². The zero-order valence-electron chi connectivity index (χ0n) is 18.7. The van der Waals surface area contributed by atoms with Gasteiger partial charge in [0.05, 0.1) is 0 Å². The van der Waals surface area contributed by atoms with Crippen LogP contribution in [0, 0.1) is 0 Å². The summed E-state index contributed by atoms with van der Waals surface area (Å²) in [5.74, 6) is 0.692. The lowest BCUT2D eigenvalue weighted by Crippen LogP contribution is -2.04. The molecule has 34 heavy (non-hydrogen) atoms. The van der Waals surface area contributed by atoms with Crippen LogP contribution in [0.25, 0.3) is 0 Å². The number of carbonyl (C=O) groups excluding carboxylic acids is 1. The van der Waals surface area contributed by atoms with E-state index in [2.05, 4.69) is 36.4 Å². The molecule has 0 saturated heterocycles. The fourth-order valence-electron chi connectivity index (χ4n) is 5.85. The second-order valence-electron chi connectivity index (χ2n) is 9.38. The number of hydrogen-bond donors (Lipinski definition) is 0. The van der Waals surface area contributed by atoms with Gasteiger partial charge in [-0.3, -0.25) is 4.79 Å². The molecule has 2 aliphatic carbocycles. The van der Waals surface area contributed by atoms with Gasteiger partial charge in [0.1, 0.15) is 0 Å². The lowest BCUT2D eigenvalue weighted by atomic mass is 9.90. The summed E-state index contributed by atoms with van der Waals surface area (Å²) in [6, 6.07) is 28.6. The molecule has 168 valence electrons. The largest absolute Gasteiger partial charge is 0.289 e. The van der Waals surface area contributed by atoms with Gasteiger partial charge in [-0.15, -0.1) is 0 Å². The molecule has 3 heteroatoms. The van der Waals surface area contributed by atoms with Crippen LogP contribution in [0.5, 0.6) is 0 Å². The molecule has 4 aromatic rings. The van der Waals surface area contributed by atoms with Crippen molar-refractivity contribution in [1.82, 2.24) is 0 Å². The lowest BCUT2D eigenvalue weighted by molar-refractivity contribution is 0.103. The van der Waals surface area contributed by atoms with Gasteiger partial charge in [-0.05, 0) is 83.3 Å². The Morgan fingerprint density at radius 2 is 1.03 bits per heavy atom. The molecule has 6 rings (SSSR count). The van der Waals surface area contributed by atoms with Gasteiger partial charge in [0.15, 0.2) is 5.78 Å². The van der Waals surface area contributed by atoms with Crippen molar-refractivity contribution < 1.29 is 4.79 Å². The molecule has 0 aliphatic heterocycles. The van der Waals surface area contributed by atoms with Gasteiger partial charge in [-0.25, -0.2) is 0 Å². The van der Waals surface area contributed by atoms with E-state index in [-0.39, 0.29) is 5.78 Å². The molecule has 0 spiro atoms. The fraction of sp³-hybridized carbons (Fsp3) is 0.194. The Bertz CT molecular complexity index is 1310. The molecule has 0 heterocycles. The number of carbonyl (C=O) groups is 1. The molecule has 2 atom stereocenters. The molecule has 1 nitrogen and oxygen atoms in total. The highest BCUT2D eigenvalue weighted by Crippen LogP contribution is 2.42. The molecular formula is C31H24Cl2O. The molecule has 0 saturated carbocycles. The molecule has 2 unspecified atom stereocenters. The monoisotopic (exact) mass is 482 g/mol. The molecule has 0 radical (unpaired) electrons. The molecule has 0 amide bonds. The molecular weight excluding hydrogens is 459 g/mol. The van der Waals surface area contributed by atoms with E-state index < -0.39 is 0 Å². The van der Waals surface area contributed by atoms with Crippen molar-refractivity contribution in [2.45, 2.75) is 37.5 Å². The number of hydrogen-bond acceptors (Lipinski definition) is 1. The summed E-state index contributed by atoms with van der Waals surface area (Å²) >= 11 is 13.0. The summed E-state index contributed by atoms with van der Waals surface area (Å²) in [6.07, 6.45) is 3.99. The van der Waals surface area contributed by atoms with E-state index in [0.29, 0.717) is 11.8 Å². The Kier molecular flexibility index (Phi) is 5.56. The van der Waals surface area contributed by atoms with E-state index in [9.17, 15) is 4.79 Å². The Hall–Kier alpha value is -2.87. The van der Waals surface area contributed by atoms with Gasteiger partial charge < -0.3 is 0 Å². The smallest absolute Gasteiger partial charge is 0.193 e. The Morgan fingerprint density at radius 3 is 1.47 bits per heavy atom. The Morgan fingerprint density at radius 1 is 0.588 bits per heavy atom. The predicted octanol–water partition coefficient (Wildman–Crippen LogP) is 8.38. The standard InChI is InChI=1S/C31H24Cl2O/c32-29-7-3-1-5-27(29)25-15-9-19-17-21(11-13-23(19)25)31(34)22-12-14-24-20(18-22)10-16-26(24)28-6-2-4-8-30(28)33/h1-8,11-14,17-18,25-26H,9-10,15-16H2. The summed E-state index contributed by atoms with van der Waals surface area (Å²) in [5.41, 5.74) is 8.98. The normalized spacial score (nSPS) is 18.5. The number of aryl methyl sites for hydroxylation is 2. The predicted molar refractivity (Wildman–Crippen MR) is 140 cm³/mol. The quantitative estimate of drug-likeness (QED) is 0.267. The van der Waals surface area contributed by atoms with E-state index in [0.717, 1.165) is 46.9 Å². The maximum atomic E-state index is 13.4. The molecule has 0 fully saturated rings. The van der Waals surface area contributed by atoms with E-state index >= 15 is 0 Å². The van der Waals surface area contributed by atoms with Crippen molar-refractivity contribution >= 4 is 29.0 Å². The number of benzene rings is 4. The summed E-state index contributed by atoms with van der Waals surface area (Å²) < 4.78 is 0. The first-order chi connectivity index (χ1) is 16.6. The number of ketones is 1. The van der Waals surface area contributed by atoms with Crippen molar-refractivity contribution in [2.75, 3.05) is 0 Å². The summed E-state index contributed by atoms with van der Waals surface area (Å²) in [6.45, 7) is 0. The zero-order valence-corrected chi connectivity index (χ0v) is 20.2. The van der Waals surface area contributed by atoms with E-state index in [4.69, 9.17) is 23.2 Å². The van der Waals surface area contributed by atoms with Crippen molar-refractivity contribution in [3.8, 4) is 0 Å². The van der Waals surface area contributed by atoms with E-state index in [1.54, 1.807) is 0 Å². The minimum absolute atomic E-state index is 0.0907. The first-order valence-electron chi connectivity index (χ1n) is 11.9. The van der Waals surface area contributed by atoms with Crippen molar-refractivity contribution in [3.63, 3.8) is 0 Å². The lowest BCUT2D eigenvalue weighted by Gasteiger charge is -2.15. The van der Waals surface area contributed by atoms with Gasteiger partial charge in [-0.1, -0.05) is 83.9 Å². The maximum absolute atomic E-state index is 13.4. The van der Waals surface area contributed by atoms with E-state index in [1.165, 1.54) is 33.4 Å². The molecule has 4 aromatic carbocycles. The van der Waals surface area contributed by atoms with Gasteiger partial charge in [0.25, 0.3) is 0 Å². The Labute approximate surface area is 210 Å². The van der Waals surface area contributed by atoms with E-state index in [1.807, 2.05) is 48.5 Å².